The van der Waals surface area contributed by atoms with Gasteiger partial charge in [-0.05, 0) is 19.9 Å². The van der Waals surface area contributed by atoms with E-state index in [9.17, 15) is 4.79 Å². The van der Waals surface area contributed by atoms with E-state index in [2.05, 4.69) is 5.10 Å². The van der Waals surface area contributed by atoms with Crippen LogP contribution in [0.1, 0.15) is 47.3 Å². The SMILES string of the molecule is COc1cccc2c1OCCN(C(=O)c1nn(C)c3c1C[C@H](C)O[C@@H]3C)C2. The fourth-order valence-electron chi connectivity index (χ4n) is 4.09. The molecule has 4 rings (SSSR count). The number of rotatable bonds is 2. The molecule has 0 saturated heterocycles. The van der Waals surface area contributed by atoms with Gasteiger partial charge >= 0.3 is 0 Å². The first kappa shape index (κ1) is 17.9. The van der Waals surface area contributed by atoms with Gasteiger partial charge in [-0.15, -0.1) is 0 Å². The van der Waals surface area contributed by atoms with E-state index in [1.807, 2.05) is 39.1 Å². The maximum Gasteiger partial charge on any atom is 0.275 e. The maximum atomic E-state index is 13.3. The number of aromatic nitrogens is 2. The molecule has 2 aromatic rings. The summed E-state index contributed by atoms with van der Waals surface area (Å²) in [6.07, 6.45) is 0.699. The highest BCUT2D eigenvalue weighted by atomic mass is 16.5. The number of carbonyl (C=O) groups is 1. The Balaban J connectivity index is 1.67. The summed E-state index contributed by atoms with van der Waals surface area (Å²) in [5, 5.41) is 4.55. The van der Waals surface area contributed by atoms with Crippen molar-refractivity contribution in [1.82, 2.24) is 14.7 Å². The van der Waals surface area contributed by atoms with Crippen LogP contribution in [0.15, 0.2) is 18.2 Å². The monoisotopic (exact) mass is 371 g/mol. The Bertz CT molecular complexity index is 876. The molecule has 0 fully saturated rings. The summed E-state index contributed by atoms with van der Waals surface area (Å²) in [4.78, 5) is 15.1. The second-order valence-electron chi connectivity index (χ2n) is 7.15. The van der Waals surface area contributed by atoms with Gasteiger partial charge in [-0.3, -0.25) is 9.48 Å². The molecule has 7 heteroatoms. The number of ether oxygens (including phenoxy) is 3. The Labute approximate surface area is 158 Å². The smallest absolute Gasteiger partial charge is 0.275 e. The zero-order valence-electron chi connectivity index (χ0n) is 16.2. The molecule has 7 nitrogen and oxygen atoms in total. The van der Waals surface area contributed by atoms with Crippen molar-refractivity contribution in [2.75, 3.05) is 20.3 Å². The molecule has 27 heavy (non-hydrogen) atoms. The lowest BCUT2D eigenvalue weighted by atomic mass is 9.99. The highest BCUT2D eigenvalue weighted by Crippen LogP contribution is 2.35. The minimum atomic E-state index is -0.0692. The lowest BCUT2D eigenvalue weighted by Crippen LogP contribution is -2.34. The molecule has 2 aliphatic rings. The van der Waals surface area contributed by atoms with Crippen molar-refractivity contribution in [2.24, 2.45) is 7.05 Å². The summed E-state index contributed by atoms with van der Waals surface area (Å²) in [5.74, 6) is 1.35. The molecule has 0 spiro atoms. The largest absolute Gasteiger partial charge is 0.493 e. The fraction of sp³-hybridized carbons (Fsp3) is 0.500. The van der Waals surface area contributed by atoms with E-state index in [4.69, 9.17) is 14.2 Å². The molecule has 0 saturated carbocycles. The zero-order chi connectivity index (χ0) is 19.1. The van der Waals surface area contributed by atoms with Crippen molar-refractivity contribution in [3.8, 4) is 11.5 Å². The lowest BCUT2D eigenvalue weighted by molar-refractivity contribution is -0.00907. The van der Waals surface area contributed by atoms with Crippen LogP contribution in [-0.2, 0) is 24.8 Å². The molecule has 0 unspecified atom stereocenters. The molecule has 2 atom stereocenters. The van der Waals surface area contributed by atoms with Crippen LogP contribution in [-0.4, -0.2) is 47.0 Å². The first-order chi connectivity index (χ1) is 13.0. The Kier molecular flexibility index (Phi) is 4.55. The number of carbonyl (C=O) groups excluding carboxylic acids is 1. The van der Waals surface area contributed by atoms with Crippen molar-refractivity contribution in [2.45, 2.75) is 39.0 Å². The third kappa shape index (κ3) is 3.06. The quantitative estimate of drug-likeness (QED) is 0.811. The number of aryl methyl sites for hydroxylation is 1. The van der Waals surface area contributed by atoms with Crippen LogP contribution in [0.2, 0.25) is 0 Å². The number of benzene rings is 1. The Morgan fingerprint density at radius 1 is 1.33 bits per heavy atom. The number of para-hydroxylation sites is 1. The zero-order valence-corrected chi connectivity index (χ0v) is 16.2. The molecule has 1 aromatic carbocycles. The van der Waals surface area contributed by atoms with Crippen LogP contribution < -0.4 is 9.47 Å². The van der Waals surface area contributed by atoms with Crippen LogP contribution in [0.3, 0.4) is 0 Å². The molecule has 0 aliphatic carbocycles. The van der Waals surface area contributed by atoms with Crippen molar-refractivity contribution >= 4 is 5.91 Å². The number of hydrogen-bond acceptors (Lipinski definition) is 5. The van der Waals surface area contributed by atoms with E-state index >= 15 is 0 Å². The summed E-state index contributed by atoms with van der Waals surface area (Å²) in [5.41, 5.74) is 3.46. The van der Waals surface area contributed by atoms with Crippen LogP contribution in [0.5, 0.6) is 11.5 Å². The molecule has 3 heterocycles. The van der Waals surface area contributed by atoms with Crippen molar-refractivity contribution in [3.05, 3.63) is 40.7 Å². The number of hydrogen-bond donors (Lipinski definition) is 0. The van der Waals surface area contributed by atoms with Crippen LogP contribution >= 0.6 is 0 Å². The van der Waals surface area contributed by atoms with Crippen molar-refractivity contribution in [1.29, 1.82) is 0 Å². The number of methoxy groups -OCH3 is 1. The summed E-state index contributed by atoms with van der Waals surface area (Å²) >= 11 is 0. The highest BCUT2D eigenvalue weighted by Gasteiger charge is 2.33. The molecule has 144 valence electrons. The van der Waals surface area contributed by atoms with E-state index in [0.29, 0.717) is 43.3 Å². The maximum absolute atomic E-state index is 13.3. The third-order valence-electron chi connectivity index (χ3n) is 5.25. The summed E-state index contributed by atoms with van der Waals surface area (Å²) in [6, 6.07) is 5.75. The van der Waals surface area contributed by atoms with E-state index in [-0.39, 0.29) is 18.1 Å². The summed E-state index contributed by atoms with van der Waals surface area (Å²) in [7, 11) is 3.49. The molecule has 1 amide bonds. The van der Waals surface area contributed by atoms with Gasteiger partial charge in [0.1, 0.15) is 6.61 Å². The van der Waals surface area contributed by atoms with Gasteiger partial charge < -0.3 is 19.1 Å². The Hall–Kier alpha value is -2.54. The second kappa shape index (κ2) is 6.88. The first-order valence-corrected chi connectivity index (χ1v) is 9.28. The van der Waals surface area contributed by atoms with Crippen LogP contribution in [0, 0.1) is 0 Å². The average Bonchev–Trinajstić information content (AvgIpc) is 2.83. The summed E-state index contributed by atoms with van der Waals surface area (Å²) < 4.78 is 19.0. The van der Waals surface area contributed by atoms with E-state index in [1.54, 1.807) is 16.7 Å². The van der Waals surface area contributed by atoms with E-state index in [1.165, 1.54) is 0 Å². The normalized spacial score (nSPS) is 21.7. The minimum Gasteiger partial charge on any atom is -0.493 e. The highest BCUT2D eigenvalue weighted by molar-refractivity contribution is 5.94. The molecule has 0 N–H and O–H groups in total. The third-order valence-corrected chi connectivity index (χ3v) is 5.25. The number of fused-ring (bicyclic) bond motifs is 2. The van der Waals surface area contributed by atoms with Crippen molar-refractivity contribution in [3.63, 3.8) is 0 Å². The standard InChI is InChI=1S/C20H25N3O4/c1-12-10-15-17(21-22(3)18(15)13(2)27-12)20(24)23-8-9-26-19-14(11-23)6-5-7-16(19)25-4/h5-7,12-13H,8-11H2,1-4H3/t12-,13+/m0/s1. The minimum absolute atomic E-state index is 0.0626. The molecule has 2 aliphatic heterocycles. The molecular weight excluding hydrogens is 346 g/mol. The Morgan fingerprint density at radius 2 is 2.15 bits per heavy atom. The predicted molar refractivity (Wildman–Crippen MR) is 99.1 cm³/mol. The average molecular weight is 371 g/mol. The molecule has 0 radical (unpaired) electrons. The first-order valence-electron chi connectivity index (χ1n) is 9.28. The van der Waals surface area contributed by atoms with E-state index in [0.717, 1.165) is 16.8 Å². The molecule has 0 bridgehead atoms. The fourth-order valence-corrected chi connectivity index (χ4v) is 4.09. The van der Waals surface area contributed by atoms with Gasteiger partial charge in [0.15, 0.2) is 17.2 Å². The topological polar surface area (TPSA) is 65.8 Å². The van der Waals surface area contributed by atoms with Gasteiger partial charge in [-0.1, -0.05) is 12.1 Å². The van der Waals surface area contributed by atoms with Crippen molar-refractivity contribution < 1.29 is 19.0 Å². The number of nitrogens with zero attached hydrogens (tertiary/aromatic N) is 3. The van der Waals surface area contributed by atoms with Gasteiger partial charge in [0, 0.05) is 31.1 Å². The number of amides is 1. The van der Waals surface area contributed by atoms with Gasteiger partial charge in [0.25, 0.3) is 5.91 Å². The van der Waals surface area contributed by atoms with Crippen LogP contribution in [0.25, 0.3) is 0 Å². The summed E-state index contributed by atoms with van der Waals surface area (Å²) in [6.45, 7) is 5.43. The molecular formula is C20H25N3O4. The van der Waals surface area contributed by atoms with Gasteiger partial charge in [0.2, 0.25) is 0 Å². The van der Waals surface area contributed by atoms with Gasteiger partial charge in [0.05, 0.1) is 31.6 Å². The Morgan fingerprint density at radius 3 is 2.93 bits per heavy atom. The van der Waals surface area contributed by atoms with E-state index < -0.39 is 0 Å². The lowest BCUT2D eigenvalue weighted by Gasteiger charge is -2.27. The van der Waals surface area contributed by atoms with Gasteiger partial charge in [-0.25, -0.2) is 0 Å². The van der Waals surface area contributed by atoms with Crippen LogP contribution in [0.4, 0.5) is 0 Å². The van der Waals surface area contributed by atoms with Gasteiger partial charge in [-0.2, -0.15) is 5.10 Å². The molecule has 1 aromatic heterocycles. The predicted octanol–water partition coefficient (Wildman–Crippen LogP) is 2.49. The second-order valence-corrected chi connectivity index (χ2v) is 7.15.